The van der Waals surface area contributed by atoms with Gasteiger partial charge in [0, 0.05) is 11.6 Å². The first-order valence-corrected chi connectivity index (χ1v) is 10.5. The molecule has 162 valence electrons. The minimum atomic E-state index is -0.848. The van der Waals surface area contributed by atoms with Crippen molar-refractivity contribution in [3.63, 3.8) is 0 Å². The molecule has 1 aromatic heterocycles. The van der Waals surface area contributed by atoms with E-state index in [2.05, 4.69) is 9.73 Å². The van der Waals surface area contributed by atoms with Crippen molar-refractivity contribution in [2.45, 2.75) is 13.0 Å². The molecule has 0 aliphatic carbocycles. The number of hydrogen-bond acceptors (Lipinski definition) is 4. The van der Waals surface area contributed by atoms with E-state index in [1.54, 1.807) is 12.1 Å². The standard InChI is InChI=1S/C24H18F2N2O3S/c1-31-21(29)14-28-22-19(26)12-18(25)13-20(22)32-24(28)27-23(30)17-9-7-16(8-10-17)11-15-5-3-2-4-6-15/h2-10,12-13H,11,14H2,1H3. The number of hydrogen-bond donors (Lipinski definition) is 0. The topological polar surface area (TPSA) is 60.7 Å². The Morgan fingerprint density at radius 3 is 2.38 bits per heavy atom. The van der Waals surface area contributed by atoms with Crippen LogP contribution in [0.5, 0.6) is 0 Å². The van der Waals surface area contributed by atoms with E-state index in [4.69, 9.17) is 0 Å². The lowest BCUT2D eigenvalue weighted by atomic mass is 10.0. The Morgan fingerprint density at radius 1 is 1.00 bits per heavy atom. The molecule has 0 N–H and O–H groups in total. The second kappa shape index (κ2) is 9.23. The summed E-state index contributed by atoms with van der Waals surface area (Å²) in [4.78, 5) is 28.8. The highest BCUT2D eigenvalue weighted by molar-refractivity contribution is 7.16. The lowest BCUT2D eigenvalue weighted by molar-refractivity contribution is -0.141. The van der Waals surface area contributed by atoms with Crippen LogP contribution in [0.15, 0.2) is 71.7 Å². The molecular weight excluding hydrogens is 434 g/mol. The van der Waals surface area contributed by atoms with Crippen LogP contribution in [0.4, 0.5) is 8.78 Å². The van der Waals surface area contributed by atoms with Crippen LogP contribution in [0.1, 0.15) is 21.5 Å². The zero-order chi connectivity index (χ0) is 22.7. The molecule has 3 aromatic carbocycles. The Bertz CT molecular complexity index is 1360. The summed E-state index contributed by atoms with van der Waals surface area (Å²) in [6.07, 6.45) is 0.729. The molecule has 0 radical (unpaired) electrons. The van der Waals surface area contributed by atoms with Crippen LogP contribution >= 0.6 is 11.3 Å². The van der Waals surface area contributed by atoms with Crippen molar-refractivity contribution in [3.8, 4) is 0 Å². The Balaban J connectivity index is 1.68. The third-order valence-electron chi connectivity index (χ3n) is 4.86. The summed E-state index contributed by atoms with van der Waals surface area (Å²) in [6.45, 7) is -0.360. The number of halogens is 2. The summed E-state index contributed by atoms with van der Waals surface area (Å²) in [5, 5.41) is 0. The van der Waals surface area contributed by atoms with Crippen LogP contribution in [0, 0.1) is 11.6 Å². The fourth-order valence-corrected chi connectivity index (χ4v) is 4.37. The normalized spacial score (nSPS) is 11.7. The van der Waals surface area contributed by atoms with Gasteiger partial charge in [-0.1, -0.05) is 53.8 Å². The van der Waals surface area contributed by atoms with E-state index in [1.807, 2.05) is 42.5 Å². The van der Waals surface area contributed by atoms with Crippen LogP contribution in [0.2, 0.25) is 0 Å². The molecule has 0 spiro atoms. The zero-order valence-corrected chi connectivity index (χ0v) is 17.9. The van der Waals surface area contributed by atoms with Gasteiger partial charge in [0.25, 0.3) is 5.91 Å². The minimum Gasteiger partial charge on any atom is -0.468 e. The summed E-state index contributed by atoms with van der Waals surface area (Å²) < 4.78 is 34.2. The molecule has 4 aromatic rings. The molecule has 8 heteroatoms. The van der Waals surface area contributed by atoms with Crippen LogP contribution in [-0.4, -0.2) is 23.6 Å². The second-order valence-corrected chi connectivity index (χ2v) is 8.07. The summed E-state index contributed by atoms with van der Waals surface area (Å²) in [5.74, 6) is -2.80. The van der Waals surface area contributed by atoms with Gasteiger partial charge in [-0.15, -0.1) is 0 Å². The van der Waals surface area contributed by atoms with Gasteiger partial charge in [-0.2, -0.15) is 4.99 Å². The van der Waals surface area contributed by atoms with Crippen LogP contribution in [0.3, 0.4) is 0 Å². The van der Waals surface area contributed by atoms with E-state index in [1.165, 1.54) is 11.7 Å². The first-order valence-electron chi connectivity index (χ1n) is 9.71. The fourth-order valence-electron chi connectivity index (χ4n) is 3.30. The third kappa shape index (κ3) is 4.65. The minimum absolute atomic E-state index is 0.00782. The van der Waals surface area contributed by atoms with Gasteiger partial charge in [0.15, 0.2) is 10.6 Å². The number of rotatable bonds is 5. The Labute approximate surface area is 186 Å². The smallest absolute Gasteiger partial charge is 0.325 e. The average Bonchev–Trinajstić information content (AvgIpc) is 3.11. The highest BCUT2D eigenvalue weighted by Crippen LogP contribution is 2.22. The van der Waals surface area contributed by atoms with E-state index >= 15 is 0 Å². The molecule has 1 heterocycles. The molecule has 1 amide bonds. The third-order valence-corrected chi connectivity index (χ3v) is 5.88. The van der Waals surface area contributed by atoms with E-state index in [0.29, 0.717) is 5.56 Å². The van der Waals surface area contributed by atoms with Crippen LogP contribution < -0.4 is 4.80 Å². The van der Waals surface area contributed by atoms with Crippen molar-refractivity contribution >= 4 is 33.4 Å². The van der Waals surface area contributed by atoms with E-state index in [9.17, 15) is 18.4 Å². The molecule has 0 aliphatic rings. The largest absolute Gasteiger partial charge is 0.468 e. The number of methoxy groups -OCH3 is 1. The molecular formula is C24H18F2N2O3S. The van der Waals surface area contributed by atoms with Gasteiger partial charge in [-0.25, -0.2) is 8.78 Å². The maximum atomic E-state index is 14.4. The molecule has 0 saturated carbocycles. The molecule has 0 aliphatic heterocycles. The quantitative estimate of drug-likeness (QED) is 0.420. The maximum Gasteiger partial charge on any atom is 0.325 e. The van der Waals surface area contributed by atoms with Crippen molar-refractivity contribution in [2.75, 3.05) is 7.11 Å². The zero-order valence-electron chi connectivity index (χ0n) is 17.0. The summed E-state index contributed by atoms with van der Waals surface area (Å²) in [7, 11) is 1.20. The molecule has 5 nitrogen and oxygen atoms in total. The summed E-state index contributed by atoms with van der Waals surface area (Å²) in [6, 6.07) is 18.8. The predicted octanol–water partition coefficient (Wildman–Crippen LogP) is 4.49. The van der Waals surface area contributed by atoms with Gasteiger partial charge in [-0.3, -0.25) is 9.59 Å². The first-order chi connectivity index (χ1) is 15.4. The van der Waals surface area contributed by atoms with E-state index < -0.39 is 23.5 Å². The first kappa shape index (κ1) is 21.6. The average molecular weight is 452 g/mol. The lowest BCUT2D eigenvalue weighted by Gasteiger charge is -2.05. The monoisotopic (exact) mass is 452 g/mol. The van der Waals surface area contributed by atoms with Gasteiger partial charge in [0.1, 0.15) is 12.4 Å². The highest BCUT2D eigenvalue weighted by atomic mass is 32.1. The van der Waals surface area contributed by atoms with Gasteiger partial charge in [0.05, 0.1) is 17.3 Å². The number of benzene rings is 3. The molecule has 0 fully saturated rings. The van der Waals surface area contributed by atoms with Crippen molar-refractivity contribution in [1.29, 1.82) is 0 Å². The summed E-state index contributed by atoms with van der Waals surface area (Å²) >= 11 is 0.920. The van der Waals surface area contributed by atoms with Crippen molar-refractivity contribution in [1.82, 2.24) is 4.57 Å². The molecule has 0 saturated heterocycles. The number of fused-ring (bicyclic) bond motifs is 1. The molecule has 0 atom stereocenters. The second-order valence-electron chi connectivity index (χ2n) is 7.06. The molecule has 0 bridgehead atoms. The number of esters is 1. The van der Waals surface area contributed by atoms with Gasteiger partial charge in [-0.05, 0) is 35.7 Å². The Morgan fingerprint density at radius 2 is 1.69 bits per heavy atom. The van der Waals surface area contributed by atoms with Gasteiger partial charge < -0.3 is 9.30 Å². The number of carbonyl (C=O) groups is 2. The van der Waals surface area contributed by atoms with E-state index in [-0.39, 0.29) is 21.6 Å². The van der Waals surface area contributed by atoms with Crippen molar-refractivity contribution in [2.24, 2.45) is 4.99 Å². The maximum absolute atomic E-state index is 14.4. The highest BCUT2D eigenvalue weighted by Gasteiger charge is 2.17. The Kier molecular flexibility index (Phi) is 6.23. The van der Waals surface area contributed by atoms with Crippen LogP contribution in [0.25, 0.3) is 10.2 Å². The van der Waals surface area contributed by atoms with Gasteiger partial charge >= 0.3 is 5.97 Å². The number of nitrogens with zero attached hydrogens (tertiary/aromatic N) is 2. The number of ether oxygens (including phenoxy) is 1. The Hall–Kier alpha value is -3.65. The number of thiazole rings is 1. The predicted molar refractivity (Wildman–Crippen MR) is 117 cm³/mol. The SMILES string of the molecule is COC(=O)Cn1c(=NC(=O)c2ccc(Cc3ccccc3)cc2)sc2cc(F)cc(F)c21. The number of aromatic nitrogens is 1. The van der Waals surface area contributed by atoms with Crippen molar-refractivity contribution < 1.29 is 23.1 Å². The van der Waals surface area contributed by atoms with E-state index in [0.717, 1.165) is 41.0 Å². The van der Waals surface area contributed by atoms with Gasteiger partial charge in [0.2, 0.25) is 0 Å². The van der Waals surface area contributed by atoms with Crippen molar-refractivity contribution in [3.05, 3.63) is 99.9 Å². The number of amides is 1. The summed E-state index contributed by atoms with van der Waals surface area (Å²) in [5.41, 5.74) is 2.52. The molecule has 4 rings (SSSR count). The van der Waals surface area contributed by atoms with Crippen LogP contribution in [-0.2, 0) is 22.5 Å². The molecule has 0 unspecified atom stereocenters. The lowest BCUT2D eigenvalue weighted by Crippen LogP contribution is -2.22. The number of carbonyl (C=O) groups excluding carboxylic acids is 2. The molecule has 32 heavy (non-hydrogen) atoms. The fraction of sp³-hybridized carbons (Fsp3) is 0.125.